The molecule has 2 aromatic heterocycles. The average molecular weight is 538 g/mol. The number of nitrogens with one attached hydrogen (secondary N) is 2. The van der Waals surface area contributed by atoms with Crippen molar-refractivity contribution in [3.8, 4) is 5.69 Å². The van der Waals surface area contributed by atoms with Crippen molar-refractivity contribution in [2.75, 3.05) is 11.9 Å². The lowest BCUT2D eigenvalue weighted by atomic mass is 9.96. The number of amides is 1. The number of pyridine rings is 1. The number of carbonyl (C=O) groups excluding carboxylic acids is 1. The molecule has 1 aliphatic heterocycles. The zero-order chi connectivity index (χ0) is 27.5. The second kappa shape index (κ2) is 11.4. The van der Waals surface area contributed by atoms with Crippen LogP contribution >= 0.6 is 12.2 Å². The van der Waals surface area contributed by atoms with Gasteiger partial charge in [0.15, 0.2) is 5.11 Å². The topological polar surface area (TPSA) is 62.2 Å². The maximum absolute atomic E-state index is 13.0. The maximum atomic E-state index is 13.0. The monoisotopic (exact) mass is 537 g/mol. The van der Waals surface area contributed by atoms with Crippen LogP contribution in [0.4, 0.5) is 5.69 Å². The van der Waals surface area contributed by atoms with Gasteiger partial charge in [-0.2, -0.15) is 0 Å². The Morgan fingerprint density at radius 1 is 1.03 bits per heavy atom. The van der Waals surface area contributed by atoms with Crippen LogP contribution in [0, 0.1) is 20.8 Å². The molecule has 0 aliphatic carbocycles. The molecule has 4 aromatic rings. The number of aryl methyl sites for hydroxylation is 3. The third kappa shape index (κ3) is 5.32. The summed E-state index contributed by atoms with van der Waals surface area (Å²) in [6.07, 6.45) is 3.09. The normalized spacial score (nSPS) is 16.8. The highest BCUT2D eigenvalue weighted by Gasteiger charge is 2.41. The summed E-state index contributed by atoms with van der Waals surface area (Å²) >= 11 is 5.86. The molecule has 2 aromatic carbocycles. The fourth-order valence-corrected chi connectivity index (χ4v) is 5.95. The van der Waals surface area contributed by atoms with E-state index in [1.807, 2.05) is 55.6 Å². The van der Waals surface area contributed by atoms with Crippen LogP contribution < -0.4 is 10.6 Å². The standard InChI is InChI=1S/C32H35N5OS/c1-5-24-13-7-9-16-28(24)37-22(3)20-25(23(37)4)31-30(27-15-10-11-18-33-27)35-32(39)36(31)19-17-29(38)34-26-14-8-6-12-21(26)2/h6-16,18,20,30-31H,5,17,19H2,1-4H3,(H,34,38)(H,35,39)/t30-,31-/m0/s1. The van der Waals surface area contributed by atoms with Crippen LogP contribution in [0.3, 0.4) is 0 Å². The number of anilines is 1. The molecule has 1 aliphatic rings. The van der Waals surface area contributed by atoms with E-state index in [0.717, 1.165) is 23.4 Å². The lowest BCUT2D eigenvalue weighted by Crippen LogP contribution is -2.33. The SMILES string of the molecule is CCc1ccccc1-n1c(C)cc([C@H]2[C@H](c3ccccn3)NC(=S)N2CCC(=O)Nc2ccccc2C)c1C. The van der Waals surface area contributed by atoms with Gasteiger partial charge < -0.3 is 20.1 Å². The summed E-state index contributed by atoms with van der Waals surface area (Å²) in [5, 5.41) is 7.22. The van der Waals surface area contributed by atoms with E-state index in [4.69, 9.17) is 12.2 Å². The van der Waals surface area contributed by atoms with Crippen molar-refractivity contribution in [2.45, 2.75) is 52.6 Å². The van der Waals surface area contributed by atoms with E-state index in [9.17, 15) is 4.79 Å². The fourth-order valence-electron chi connectivity index (χ4n) is 5.62. The smallest absolute Gasteiger partial charge is 0.226 e. The molecule has 5 rings (SSSR count). The Bertz CT molecular complexity index is 1500. The minimum atomic E-state index is -0.131. The molecule has 0 radical (unpaired) electrons. The summed E-state index contributed by atoms with van der Waals surface area (Å²) in [5.74, 6) is -0.0329. The van der Waals surface area contributed by atoms with Crippen LogP contribution in [0.25, 0.3) is 5.69 Å². The Balaban J connectivity index is 1.49. The zero-order valence-electron chi connectivity index (χ0n) is 22.9. The van der Waals surface area contributed by atoms with Crippen molar-refractivity contribution in [1.82, 2.24) is 19.8 Å². The molecule has 0 unspecified atom stereocenters. The predicted molar refractivity (Wildman–Crippen MR) is 161 cm³/mol. The number of carbonyl (C=O) groups is 1. The van der Waals surface area contributed by atoms with E-state index in [-0.39, 0.29) is 18.0 Å². The predicted octanol–water partition coefficient (Wildman–Crippen LogP) is 6.36. The van der Waals surface area contributed by atoms with Crippen molar-refractivity contribution in [3.63, 3.8) is 0 Å². The van der Waals surface area contributed by atoms with Crippen LogP contribution in [0.5, 0.6) is 0 Å². The van der Waals surface area contributed by atoms with E-state index in [2.05, 4.69) is 76.2 Å². The van der Waals surface area contributed by atoms with E-state index >= 15 is 0 Å². The number of benzene rings is 2. The molecule has 7 heteroatoms. The summed E-state index contributed by atoms with van der Waals surface area (Å²) in [6, 6.07) is 24.4. The quantitative estimate of drug-likeness (QED) is 0.256. The number of nitrogens with zero attached hydrogens (tertiary/aromatic N) is 3. The summed E-state index contributed by atoms with van der Waals surface area (Å²) in [7, 11) is 0. The molecular weight excluding hydrogens is 502 g/mol. The van der Waals surface area contributed by atoms with Crippen molar-refractivity contribution in [1.29, 1.82) is 0 Å². The van der Waals surface area contributed by atoms with Crippen LogP contribution in [-0.4, -0.2) is 32.0 Å². The van der Waals surface area contributed by atoms with Gasteiger partial charge in [-0.25, -0.2) is 0 Å². The van der Waals surface area contributed by atoms with Gasteiger partial charge in [-0.15, -0.1) is 0 Å². The highest BCUT2D eigenvalue weighted by atomic mass is 32.1. The largest absolute Gasteiger partial charge is 0.352 e. The van der Waals surface area contributed by atoms with Gasteiger partial charge in [0.1, 0.15) is 0 Å². The van der Waals surface area contributed by atoms with Gasteiger partial charge in [0.2, 0.25) is 5.91 Å². The van der Waals surface area contributed by atoms with Gasteiger partial charge in [-0.05, 0) is 86.4 Å². The van der Waals surface area contributed by atoms with E-state index < -0.39 is 0 Å². The zero-order valence-corrected chi connectivity index (χ0v) is 23.8. The minimum Gasteiger partial charge on any atom is -0.352 e. The van der Waals surface area contributed by atoms with Crippen LogP contribution in [0.15, 0.2) is 79.0 Å². The van der Waals surface area contributed by atoms with Gasteiger partial charge in [0.05, 0.1) is 17.8 Å². The van der Waals surface area contributed by atoms with Crippen molar-refractivity contribution >= 4 is 28.9 Å². The highest BCUT2D eigenvalue weighted by Crippen LogP contribution is 2.41. The van der Waals surface area contributed by atoms with Gasteiger partial charge in [0.25, 0.3) is 0 Å². The molecule has 0 saturated carbocycles. The first-order valence-corrected chi connectivity index (χ1v) is 13.9. The van der Waals surface area contributed by atoms with Crippen LogP contribution in [0.1, 0.15) is 59.2 Å². The Kier molecular flexibility index (Phi) is 7.79. The Morgan fingerprint density at radius 3 is 2.51 bits per heavy atom. The first kappa shape index (κ1) is 26.6. The fraction of sp³-hybridized carbons (Fsp3) is 0.281. The van der Waals surface area contributed by atoms with E-state index in [0.29, 0.717) is 18.1 Å². The third-order valence-electron chi connectivity index (χ3n) is 7.60. The summed E-state index contributed by atoms with van der Waals surface area (Å²) in [6.45, 7) is 9.00. The summed E-state index contributed by atoms with van der Waals surface area (Å²) < 4.78 is 2.34. The Hall–Kier alpha value is -3.97. The van der Waals surface area contributed by atoms with E-state index in [1.165, 1.54) is 28.2 Å². The van der Waals surface area contributed by atoms with Gasteiger partial charge in [-0.3, -0.25) is 9.78 Å². The number of aromatic nitrogens is 2. The molecule has 1 amide bonds. The third-order valence-corrected chi connectivity index (χ3v) is 7.95. The molecule has 1 fully saturated rings. The number of thiocarbonyl (C=S) groups is 1. The minimum absolute atomic E-state index is 0.0329. The van der Waals surface area contributed by atoms with Crippen LogP contribution in [-0.2, 0) is 11.2 Å². The molecule has 200 valence electrons. The number of para-hydroxylation sites is 2. The Morgan fingerprint density at radius 2 is 1.77 bits per heavy atom. The molecule has 0 spiro atoms. The Labute approximate surface area is 236 Å². The number of rotatable bonds is 8. The summed E-state index contributed by atoms with van der Waals surface area (Å²) in [4.78, 5) is 19.8. The highest BCUT2D eigenvalue weighted by molar-refractivity contribution is 7.80. The molecule has 1 saturated heterocycles. The second-order valence-electron chi connectivity index (χ2n) is 10.1. The van der Waals surface area contributed by atoms with Crippen LogP contribution in [0.2, 0.25) is 0 Å². The van der Waals surface area contributed by atoms with Crippen molar-refractivity contribution in [3.05, 3.63) is 113 Å². The lowest BCUT2D eigenvalue weighted by Gasteiger charge is -2.28. The number of hydrogen-bond donors (Lipinski definition) is 2. The first-order valence-electron chi connectivity index (χ1n) is 13.5. The van der Waals surface area contributed by atoms with Gasteiger partial charge in [-0.1, -0.05) is 49.4 Å². The van der Waals surface area contributed by atoms with Gasteiger partial charge >= 0.3 is 0 Å². The molecule has 2 atom stereocenters. The van der Waals surface area contributed by atoms with Gasteiger partial charge in [0, 0.05) is 41.9 Å². The molecule has 2 N–H and O–H groups in total. The van der Waals surface area contributed by atoms with E-state index in [1.54, 1.807) is 0 Å². The molecule has 39 heavy (non-hydrogen) atoms. The molecular formula is C32H35N5OS. The molecule has 3 heterocycles. The molecule has 6 nitrogen and oxygen atoms in total. The summed E-state index contributed by atoms with van der Waals surface area (Å²) in [5.41, 5.74) is 8.82. The average Bonchev–Trinajstić information content (AvgIpc) is 3.43. The lowest BCUT2D eigenvalue weighted by molar-refractivity contribution is -0.116. The van der Waals surface area contributed by atoms with Crippen molar-refractivity contribution < 1.29 is 4.79 Å². The first-order chi connectivity index (χ1) is 18.9. The molecule has 0 bridgehead atoms. The maximum Gasteiger partial charge on any atom is 0.226 e. The number of hydrogen-bond acceptors (Lipinski definition) is 3. The second-order valence-corrected chi connectivity index (χ2v) is 10.5. The van der Waals surface area contributed by atoms with Crippen molar-refractivity contribution in [2.24, 2.45) is 0 Å².